The molecule has 0 aromatic heterocycles. The standard InChI is InChI=1S/C17H28BrN3/c1-5-20-8-10-21(11-9-20)15-7-6-14(16(18)12-15)13-19-17(2,3)4/h6-7,12,19H,5,8-11,13H2,1-4H3. The summed E-state index contributed by atoms with van der Waals surface area (Å²) in [6, 6.07) is 6.76. The van der Waals surface area contributed by atoms with Gasteiger partial charge in [0.05, 0.1) is 0 Å². The second-order valence-corrected chi connectivity index (χ2v) is 7.65. The molecule has 0 radical (unpaired) electrons. The van der Waals surface area contributed by atoms with Crippen molar-refractivity contribution in [3.05, 3.63) is 28.2 Å². The van der Waals surface area contributed by atoms with Crippen molar-refractivity contribution in [2.45, 2.75) is 39.8 Å². The van der Waals surface area contributed by atoms with Crippen LogP contribution in [0.15, 0.2) is 22.7 Å². The first-order chi connectivity index (χ1) is 9.89. The zero-order valence-corrected chi connectivity index (χ0v) is 15.3. The number of halogens is 1. The van der Waals surface area contributed by atoms with Gasteiger partial charge in [0.25, 0.3) is 0 Å². The second-order valence-electron chi connectivity index (χ2n) is 6.80. The summed E-state index contributed by atoms with van der Waals surface area (Å²) in [4.78, 5) is 4.99. The zero-order chi connectivity index (χ0) is 15.5. The number of benzene rings is 1. The second kappa shape index (κ2) is 7.12. The average Bonchev–Trinajstić information content (AvgIpc) is 2.45. The molecule has 21 heavy (non-hydrogen) atoms. The van der Waals surface area contributed by atoms with Crippen LogP contribution in [0.4, 0.5) is 5.69 Å². The number of nitrogens with zero attached hydrogens (tertiary/aromatic N) is 2. The molecule has 0 bridgehead atoms. The minimum Gasteiger partial charge on any atom is -0.369 e. The molecule has 1 saturated heterocycles. The molecule has 0 amide bonds. The summed E-state index contributed by atoms with van der Waals surface area (Å²) in [5, 5.41) is 3.54. The number of piperazine rings is 1. The fraction of sp³-hybridized carbons (Fsp3) is 0.647. The molecule has 0 unspecified atom stereocenters. The lowest BCUT2D eigenvalue weighted by atomic mass is 10.1. The fourth-order valence-electron chi connectivity index (χ4n) is 2.56. The lowest BCUT2D eigenvalue weighted by Gasteiger charge is -2.35. The van der Waals surface area contributed by atoms with Crippen LogP contribution in [0.2, 0.25) is 0 Å². The number of rotatable bonds is 4. The molecule has 118 valence electrons. The van der Waals surface area contributed by atoms with Crippen LogP contribution in [0, 0.1) is 0 Å². The topological polar surface area (TPSA) is 18.5 Å². The van der Waals surface area contributed by atoms with Gasteiger partial charge in [-0.05, 0) is 45.0 Å². The molecule has 1 aromatic carbocycles. The predicted molar refractivity (Wildman–Crippen MR) is 95.1 cm³/mol. The SMILES string of the molecule is CCN1CCN(c2ccc(CNC(C)(C)C)c(Br)c2)CC1. The van der Waals surface area contributed by atoms with Crippen molar-refractivity contribution < 1.29 is 0 Å². The molecule has 3 nitrogen and oxygen atoms in total. The highest BCUT2D eigenvalue weighted by Crippen LogP contribution is 2.25. The van der Waals surface area contributed by atoms with Gasteiger partial charge < -0.3 is 15.1 Å². The molecule has 2 rings (SSSR count). The van der Waals surface area contributed by atoms with Crippen LogP contribution in [0.1, 0.15) is 33.3 Å². The summed E-state index contributed by atoms with van der Waals surface area (Å²) >= 11 is 3.73. The third kappa shape index (κ3) is 4.97. The summed E-state index contributed by atoms with van der Waals surface area (Å²) in [5.74, 6) is 0. The van der Waals surface area contributed by atoms with E-state index in [1.54, 1.807) is 0 Å². The Hall–Kier alpha value is -0.580. The molecular weight excluding hydrogens is 326 g/mol. The summed E-state index contributed by atoms with van der Waals surface area (Å²) in [7, 11) is 0. The molecule has 1 aromatic rings. The first kappa shape index (κ1) is 16.8. The van der Waals surface area contributed by atoms with Crippen molar-refractivity contribution in [2.75, 3.05) is 37.6 Å². The number of anilines is 1. The maximum atomic E-state index is 3.73. The van der Waals surface area contributed by atoms with Gasteiger partial charge in [0.15, 0.2) is 0 Å². The molecule has 1 heterocycles. The summed E-state index contributed by atoms with van der Waals surface area (Å²) < 4.78 is 1.20. The minimum atomic E-state index is 0.147. The normalized spacial score (nSPS) is 17.3. The van der Waals surface area contributed by atoms with Crippen LogP contribution < -0.4 is 10.2 Å². The molecule has 4 heteroatoms. The van der Waals surface area contributed by atoms with Crippen molar-refractivity contribution in [2.24, 2.45) is 0 Å². The Morgan fingerprint density at radius 2 is 1.81 bits per heavy atom. The van der Waals surface area contributed by atoms with E-state index in [0.717, 1.165) is 26.2 Å². The first-order valence-corrected chi connectivity index (χ1v) is 8.69. The van der Waals surface area contributed by atoms with Crippen LogP contribution in [-0.4, -0.2) is 43.2 Å². The van der Waals surface area contributed by atoms with E-state index in [-0.39, 0.29) is 5.54 Å². The monoisotopic (exact) mass is 353 g/mol. The van der Waals surface area contributed by atoms with Crippen molar-refractivity contribution in [1.29, 1.82) is 0 Å². The largest absolute Gasteiger partial charge is 0.369 e. The molecule has 1 N–H and O–H groups in total. The third-order valence-corrected chi connectivity index (χ3v) is 4.77. The van der Waals surface area contributed by atoms with Crippen LogP contribution in [-0.2, 0) is 6.54 Å². The average molecular weight is 354 g/mol. The minimum absolute atomic E-state index is 0.147. The highest BCUT2D eigenvalue weighted by atomic mass is 79.9. The van der Waals surface area contributed by atoms with Gasteiger partial charge in [-0.15, -0.1) is 0 Å². The van der Waals surface area contributed by atoms with E-state index in [0.29, 0.717) is 0 Å². The number of hydrogen-bond donors (Lipinski definition) is 1. The Morgan fingerprint density at radius 3 is 2.33 bits per heavy atom. The van der Waals surface area contributed by atoms with Crippen molar-refractivity contribution >= 4 is 21.6 Å². The van der Waals surface area contributed by atoms with E-state index in [1.807, 2.05) is 0 Å². The molecule has 0 aliphatic carbocycles. The van der Waals surface area contributed by atoms with E-state index < -0.39 is 0 Å². The number of nitrogens with one attached hydrogen (secondary N) is 1. The molecule has 1 aliphatic heterocycles. The van der Waals surface area contributed by atoms with E-state index >= 15 is 0 Å². The highest BCUT2D eigenvalue weighted by Gasteiger charge is 2.17. The van der Waals surface area contributed by atoms with E-state index in [9.17, 15) is 0 Å². The molecule has 0 spiro atoms. The maximum Gasteiger partial charge on any atom is 0.0378 e. The van der Waals surface area contributed by atoms with Gasteiger partial charge in [0, 0.05) is 48.4 Å². The van der Waals surface area contributed by atoms with Crippen LogP contribution >= 0.6 is 15.9 Å². The van der Waals surface area contributed by atoms with Crippen molar-refractivity contribution in [3.8, 4) is 0 Å². The molecule has 1 aliphatic rings. The summed E-state index contributed by atoms with van der Waals surface area (Å²) in [5.41, 5.74) is 2.80. The summed E-state index contributed by atoms with van der Waals surface area (Å²) in [6.45, 7) is 15.5. The quantitative estimate of drug-likeness (QED) is 0.893. The van der Waals surface area contributed by atoms with Gasteiger partial charge in [-0.2, -0.15) is 0 Å². The Morgan fingerprint density at radius 1 is 1.14 bits per heavy atom. The highest BCUT2D eigenvalue weighted by molar-refractivity contribution is 9.10. The molecule has 0 saturated carbocycles. The van der Waals surface area contributed by atoms with Crippen molar-refractivity contribution in [3.63, 3.8) is 0 Å². The predicted octanol–water partition coefficient (Wildman–Crippen LogP) is 3.48. The van der Waals surface area contributed by atoms with E-state index in [1.165, 1.54) is 28.8 Å². The lowest BCUT2D eigenvalue weighted by Crippen LogP contribution is -2.46. The van der Waals surface area contributed by atoms with Crippen LogP contribution in [0.3, 0.4) is 0 Å². The van der Waals surface area contributed by atoms with Gasteiger partial charge >= 0.3 is 0 Å². The molecular formula is C17H28BrN3. The van der Waals surface area contributed by atoms with E-state index in [2.05, 4.69) is 76.9 Å². The summed E-state index contributed by atoms with van der Waals surface area (Å²) in [6.07, 6.45) is 0. The van der Waals surface area contributed by atoms with E-state index in [4.69, 9.17) is 0 Å². The number of likely N-dealkylation sites (N-methyl/N-ethyl adjacent to an activating group) is 1. The number of hydrogen-bond acceptors (Lipinski definition) is 3. The Balaban J connectivity index is 1.99. The fourth-order valence-corrected chi connectivity index (χ4v) is 3.07. The van der Waals surface area contributed by atoms with Crippen LogP contribution in [0.5, 0.6) is 0 Å². The van der Waals surface area contributed by atoms with Gasteiger partial charge in [0.2, 0.25) is 0 Å². The maximum absolute atomic E-state index is 3.73. The smallest absolute Gasteiger partial charge is 0.0378 e. The van der Waals surface area contributed by atoms with Crippen LogP contribution in [0.25, 0.3) is 0 Å². The van der Waals surface area contributed by atoms with Gasteiger partial charge in [0.1, 0.15) is 0 Å². The van der Waals surface area contributed by atoms with Crippen molar-refractivity contribution in [1.82, 2.24) is 10.2 Å². The van der Waals surface area contributed by atoms with Gasteiger partial charge in [-0.3, -0.25) is 0 Å². The van der Waals surface area contributed by atoms with Gasteiger partial charge in [-0.1, -0.05) is 28.9 Å². The Kier molecular flexibility index (Phi) is 5.69. The third-order valence-electron chi connectivity index (χ3n) is 4.03. The molecule has 1 fully saturated rings. The zero-order valence-electron chi connectivity index (χ0n) is 13.7. The Bertz CT molecular complexity index is 460. The lowest BCUT2D eigenvalue weighted by molar-refractivity contribution is 0.271. The Labute approximate surface area is 137 Å². The first-order valence-electron chi connectivity index (χ1n) is 7.90. The molecule has 0 atom stereocenters. The van der Waals surface area contributed by atoms with Gasteiger partial charge in [-0.25, -0.2) is 0 Å².